The van der Waals surface area contributed by atoms with Crippen LogP contribution in [0.25, 0.3) is 16.8 Å². The molecule has 2 amide bonds. The predicted octanol–water partition coefficient (Wildman–Crippen LogP) is 3.16. The van der Waals surface area contributed by atoms with Gasteiger partial charge in [0.15, 0.2) is 5.13 Å². The molecule has 0 fully saturated rings. The van der Waals surface area contributed by atoms with Crippen LogP contribution in [0.5, 0.6) is 0 Å². The molecule has 1 N–H and O–H groups in total. The molecule has 0 spiro atoms. The molecule has 3 heterocycles. The van der Waals surface area contributed by atoms with Crippen LogP contribution in [0, 0.1) is 13.8 Å². The Morgan fingerprint density at radius 2 is 1.90 bits per heavy atom. The van der Waals surface area contributed by atoms with E-state index in [1.165, 1.54) is 11.3 Å². The number of aryl methyl sites for hydroxylation is 1. The van der Waals surface area contributed by atoms with Crippen molar-refractivity contribution in [3.05, 3.63) is 70.0 Å². The highest BCUT2D eigenvalue weighted by Crippen LogP contribution is 2.32. The molecule has 0 unspecified atom stereocenters. The molecule has 2 aromatic heterocycles. The summed E-state index contributed by atoms with van der Waals surface area (Å²) in [5, 5.41) is 11.9. The number of aromatic nitrogens is 2. The first-order valence-corrected chi connectivity index (χ1v) is 9.74. The highest BCUT2D eigenvalue weighted by atomic mass is 32.1. The van der Waals surface area contributed by atoms with Gasteiger partial charge < -0.3 is 5.11 Å². The van der Waals surface area contributed by atoms with Gasteiger partial charge in [0.2, 0.25) is 0 Å². The van der Waals surface area contributed by atoms with Crippen LogP contribution in [0.1, 0.15) is 32.9 Å². The van der Waals surface area contributed by atoms with Crippen molar-refractivity contribution in [2.75, 3.05) is 6.54 Å². The number of benzene rings is 1. The lowest BCUT2D eigenvalue weighted by Crippen LogP contribution is -2.44. The summed E-state index contributed by atoms with van der Waals surface area (Å²) in [6.45, 7) is 3.20. The van der Waals surface area contributed by atoms with E-state index < -0.39 is 24.3 Å². The van der Waals surface area contributed by atoms with Gasteiger partial charge in [0.1, 0.15) is 6.54 Å². The number of fused-ring (bicyclic) bond motifs is 1. The van der Waals surface area contributed by atoms with Gasteiger partial charge >= 0.3 is 5.97 Å². The Morgan fingerprint density at radius 1 is 1.17 bits per heavy atom. The van der Waals surface area contributed by atoms with Gasteiger partial charge in [-0.3, -0.25) is 23.9 Å². The average Bonchev–Trinajstić information content (AvgIpc) is 3.30. The van der Waals surface area contributed by atoms with Crippen molar-refractivity contribution >= 4 is 40.8 Å². The van der Waals surface area contributed by atoms with Crippen LogP contribution in [-0.2, 0) is 9.59 Å². The Kier molecular flexibility index (Phi) is 4.63. The maximum Gasteiger partial charge on any atom is 0.323 e. The van der Waals surface area contributed by atoms with Crippen molar-refractivity contribution in [2.45, 2.75) is 13.8 Å². The first kappa shape index (κ1) is 18.8. The van der Waals surface area contributed by atoms with E-state index in [1.54, 1.807) is 36.5 Å². The predicted molar refractivity (Wildman–Crippen MR) is 109 cm³/mol. The molecule has 29 heavy (non-hydrogen) atoms. The van der Waals surface area contributed by atoms with Crippen LogP contribution in [0.3, 0.4) is 0 Å². The van der Waals surface area contributed by atoms with Crippen LogP contribution in [0.15, 0.2) is 41.9 Å². The second-order valence-corrected chi connectivity index (χ2v) is 7.54. The highest BCUT2D eigenvalue weighted by molar-refractivity contribution is 7.12. The lowest BCUT2D eigenvalue weighted by Gasteiger charge is -2.27. The second-order valence-electron chi connectivity index (χ2n) is 6.67. The fraction of sp³-hybridized carbons (Fsp3) is 0.143. The molecule has 0 saturated carbocycles. The lowest BCUT2D eigenvalue weighted by molar-refractivity contribution is -0.141. The minimum atomic E-state index is -1.24. The number of rotatable bonds is 4. The molecule has 0 atom stereocenters. The fourth-order valence-corrected chi connectivity index (χ4v) is 4.28. The number of imide groups is 1. The fourth-order valence-electron chi connectivity index (χ4n) is 3.53. The number of carboxylic acids is 1. The van der Waals surface area contributed by atoms with Gasteiger partial charge in [0.25, 0.3) is 11.8 Å². The standard InChI is InChI=1S/C21H17N3O4S/c1-12-9-14(13(2)24(12)21-22-7-8-29-21)10-17-15-5-3-4-6-16(15)19(27)23(20(17)28)11-18(25)26/h3-10H,11H2,1-2H3,(H,25,26)/b17-10-. The number of carbonyl (C=O) groups is 3. The third-order valence-corrected chi connectivity index (χ3v) is 5.60. The number of nitrogens with zero attached hydrogens (tertiary/aromatic N) is 3. The zero-order valence-corrected chi connectivity index (χ0v) is 16.6. The maximum atomic E-state index is 13.0. The summed E-state index contributed by atoms with van der Waals surface area (Å²) in [7, 11) is 0. The molecule has 146 valence electrons. The molecule has 0 aliphatic carbocycles. The molecular weight excluding hydrogens is 390 g/mol. The minimum Gasteiger partial charge on any atom is -0.480 e. The molecule has 4 rings (SSSR count). The molecule has 0 bridgehead atoms. The summed E-state index contributed by atoms with van der Waals surface area (Å²) in [4.78, 5) is 42.0. The molecule has 0 saturated heterocycles. The van der Waals surface area contributed by atoms with Gasteiger partial charge in [-0.1, -0.05) is 18.2 Å². The molecule has 8 heteroatoms. The number of hydrogen-bond acceptors (Lipinski definition) is 5. The van der Waals surface area contributed by atoms with Crippen LogP contribution in [-0.4, -0.2) is 43.9 Å². The number of carboxylic acid groups (broad SMARTS) is 1. The average molecular weight is 407 g/mol. The third kappa shape index (κ3) is 3.17. The van der Waals surface area contributed by atoms with Crippen molar-refractivity contribution in [2.24, 2.45) is 0 Å². The third-order valence-electron chi connectivity index (χ3n) is 4.84. The van der Waals surface area contributed by atoms with E-state index in [0.29, 0.717) is 16.7 Å². The quantitative estimate of drug-likeness (QED) is 0.530. The number of thiazole rings is 1. The molecule has 7 nitrogen and oxygen atoms in total. The Balaban J connectivity index is 1.87. The van der Waals surface area contributed by atoms with Gasteiger partial charge in [0.05, 0.1) is 0 Å². The van der Waals surface area contributed by atoms with Crippen molar-refractivity contribution in [1.82, 2.24) is 14.5 Å². The molecule has 1 aliphatic rings. The van der Waals surface area contributed by atoms with E-state index in [-0.39, 0.29) is 0 Å². The largest absolute Gasteiger partial charge is 0.480 e. The Morgan fingerprint density at radius 3 is 2.55 bits per heavy atom. The number of amides is 2. The van der Waals surface area contributed by atoms with Crippen LogP contribution in [0.2, 0.25) is 0 Å². The summed E-state index contributed by atoms with van der Waals surface area (Å²) in [5.41, 5.74) is 3.77. The molecule has 1 aliphatic heterocycles. The van der Waals surface area contributed by atoms with E-state index in [2.05, 4.69) is 4.98 Å². The summed E-state index contributed by atoms with van der Waals surface area (Å²) in [6, 6.07) is 8.69. The van der Waals surface area contributed by atoms with E-state index in [4.69, 9.17) is 5.11 Å². The lowest BCUT2D eigenvalue weighted by atomic mass is 9.92. The van der Waals surface area contributed by atoms with E-state index in [1.807, 2.05) is 29.9 Å². The normalized spacial score (nSPS) is 15.1. The molecule has 1 aromatic carbocycles. The van der Waals surface area contributed by atoms with E-state index >= 15 is 0 Å². The number of carbonyl (C=O) groups excluding carboxylic acids is 2. The highest BCUT2D eigenvalue weighted by Gasteiger charge is 2.35. The summed E-state index contributed by atoms with van der Waals surface area (Å²) in [5.74, 6) is -2.46. The smallest absolute Gasteiger partial charge is 0.323 e. The SMILES string of the molecule is Cc1cc(/C=C2\C(=O)N(CC(=O)O)C(=O)c3ccccc32)c(C)n1-c1nccs1. The Bertz CT molecular complexity index is 1170. The van der Waals surface area contributed by atoms with Crippen LogP contribution in [0.4, 0.5) is 0 Å². The van der Waals surface area contributed by atoms with Crippen molar-refractivity contribution in [1.29, 1.82) is 0 Å². The van der Waals surface area contributed by atoms with Gasteiger partial charge in [-0.15, -0.1) is 11.3 Å². The summed E-state index contributed by atoms with van der Waals surface area (Å²) >= 11 is 1.51. The summed E-state index contributed by atoms with van der Waals surface area (Å²) in [6.07, 6.45) is 3.45. The van der Waals surface area contributed by atoms with Crippen LogP contribution < -0.4 is 0 Å². The van der Waals surface area contributed by atoms with Gasteiger partial charge in [-0.25, -0.2) is 4.98 Å². The van der Waals surface area contributed by atoms with Crippen molar-refractivity contribution in [3.8, 4) is 5.13 Å². The van der Waals surface area contributed by atoms with Gasteiger partial charge in [-0.05, 0) is 43.2 Å². The summed E-state index contributed by atoms with van der Waals surface area (Å²) < 4.78 is 2.00. The first-order chi connectivity index (χ1) is 13.9. The monoisotopic (exact) mass is 407 g/mol. The zero-order valence-electron chi connectivity index (χ0n) is 15.7. The van der Waals surface area contributed by atoms with Crippen molar-refractivity contribution in [3.63, 3.8) is 0 Å². The van der Waals surface area contributed by atoms with Gasteiger partial charge in [0, 0.05) is 34.1 Å². The Labute approximate surface area is 170 Å². The van der Waals surface area contributed by atoms with Gasteiger partial charge in [-0.2, -0.15) is 0 Å². The molecular formula is C21H17N3O4S. The van der Waals surface area contributed by atoms with Crippen molar-refractivity contribution < 1.29 is 19.5 Å². The topological polar surface area (TPSA) is 92.5 Å². The molecule has 3 aromatic rings. The zero-order chi connectivity index (χ0) is 20.7. The Hall–Kier alpha value is -3.52. The number of hydrogen-bond donors (Lipinski definition) is 1. The van der Waals surface area contributed by atoms with Crippen LogP contribution >= 0.6 is 11.3 Å². The molecule has 0 radical (unpaired) electrons. The number of aliphatic carboxylic acids is 1. The van der Waals surface area contributed by atoms with E-state index in [9.17, 15) is 14.4 Å². The first-order valence-electron chi connectivity index (χ1n) is 8.86. The minimum absolute atomic E-state index is 0.292. The van der Waals surface area contributed by atoms with E-state index in [0.717, 1.165) is 27.0 Å². The maximum absolute atomic E-state index is 13.0. The second kappa shape index (κ2) is 7.14.